The number of hydrogen-bond acceptors (Lipinski definition) is 2. The zero-order chi connectivity index (χ0) is 8.15. The third-order valence-electron chi connectivity index (χ3n) is 0.901. The van der Waals surface area contributed by atoms with Crippen LogP contribution in [0.3, 0.4) is 0 Å². The summed E-state index contributed by atoms with van der Waals surface area (Å²) in [4.78, 5) is 22.4. The van der Waals surface area contributed by atoms with Crippen molar-refractivity contribution >= 4 is 11.7 Å². The molecule has 0 radical (unpaired) electrons. The molecule has 3 heteroatoms. The van der Waals surface area contributed by atoms with Gasteiger partial charge in [-0.1, -0.05) is 0 Å². The fraction of sp³-hybridized carbons (Fsp3) is 0.429. The lowest BCUT2D eigenvalue weighted by molar-refractivity contribution is -0.124. The topological polar surface area (TPSA) is 37.4 Å². The van der Waals surface area contributed by atoms with Crippen LogP contribution in [0.15, 0.2) is 12.2 Å². The molecule has 0 unspecified atom stereocenters. The van der Waals surface area contributed by atoms with Gasteiger partial charge in [0.1, 0.15) is 0 Å². The van der Waals surface area contributed by atoms with Crippen molar-refractivity contribution in [1.82, 2.24) is 4.90 Å². The molecule has 0 aliphatic carbocycles. The minimum absolute atomic E-state index is 0.116. The Kier molecular flexibility index (Phi) is 3.39. The molecule has 0 aliphatic heterocycles. The highest BCUT2D eigenvalue weighted by atomic mass is 16.2. The van der Waals surface area contributed by atoms with Gasteiger partial charge in [0.25, 0.3) is 0 Å². The summed E-state index contributed by atoms with van der Waals surface area (Å²) in [5.41, 5.74) is 0. The molecule has 0 atom stereocenters. The third-order valence-corrected chi connectivity index (χ3v) is 0.901. The zero-order valence-corrected chi connectivity index (χ0v) is 6.42. The second kappa shape index (κ2) is 3.82. The molecule has 56 valence electrons. The van der Waals surface area contributed by atoms with Crippen molar-refractivity contribution < 1.29 is 9.59 Å². The Balaban J connectivity index is 3.90. The SMILES string of the molecule is CC(=O)/C=C\C(=O)N(C)C. The summed E-state index contributed by atoms with van der Waals surface area (Å²) in [6.45, 7) is 1.40. The van der Waals surface area contributed by atoms with Crippen LogP contribution in [0, 0.1) is 0 Å². The molecule has 0 rings (SSSR count). The number of nitrogens with zero attached hydrogens (tertiary/aromatic N) is 1. The van der Waals surface area contributed by atoms with Crippen LogP contribution in [0.25, 0.3) is 0 Å². The summed E-state index contributed by atoms with van der Waals surface area (Å²) in [6, 6.07) is 0. The van der Waals surface area contributed by atoms with Crippen LogP contribution < -0.4 is 0 Å². The fourth-order valence-corrected chi connectivity index (χ4v) is 0.338. The minimum atomic E-state index is -0.171. The van der Waals surface area contributed by atoms with E-state index in [9.17, 15) is 9.59 Å². The van der Waals surface area contributed by atoms with Gasteiger partial charge in [0.05, 0.1) is 0 Å². The van der Waals surface area contributed by atoms with Crippen molar-refractivity contribution in [3.05, 3.63) is 12.2 Å². The first-order valence-electron chi connectivity index (χ1n) is 2.94. The van der Waals surface area contributed by atoms with Crippen LogP contribution in [0.4, 0.5) is 0 Å². The molecular formula is C7H11NO2. The van der Waals surface area contributed by atoms with Crippen LogP contribution in [-0.2, 0) is 9.59 Å². The maximum atomic E-state index is 10.7. The van der Waals surface area contributed by atoms with E-state index in [0.717, 1.165) is 0 Å². The Morgan fingerprint density at radius 3 is 2.00 bits per heavy atom. The van der Waals surface area contributed by atoms with Crippen LogP contribution in [0.1, 0.15) is 6.92 Å². The highest BCUT2D eigenvalue weighted by Gasteiger charge is 1.95. The number of amides is 1. The van der Waals surface area contributed by atoms with E-state index in [1.54, 1.807) is 14.1 Å². The Morgan fingerprint density at radius 2 is 1.70 bits per heavy atom. The Hall–Kier alpha value is -1.12. The maximum absolute atomic E-state index is 10.7. The molecular weight excluding hydrogens is 130 g/mol. The van der Waals surface area contributed by atoms with Gasteiger partial charge in [0.15, 0.2) is 5.78 Å². The van der Waals surface area contributed by atoms with Crippen molar-refractivity contribution in [2.24, 2.45) is 0 Å². The van der Waals surface area contributed by atoms with E-state index in [4.69, 9.17) is 0 Å². The summed E-state index contributed by atoms with van der Waals surface area (Å²) in [5, 5.41) is 0. The van der Waals surface area contributed by atoms with E-state index < -0.39 is 0 Å². The van der Waals surface area contributed by atoms with Gasteiger partial charge in [0.2, 0.25) is 5.91 Å². The van der Waals surface area contributed by atoms with Gasteiger partial charge < -0.3 is 4.90 Å². The highest BCUT2D eigenvalue weighted by Crippen LogP contribution is 1.81. The number of carbonyl (C=O) groups is 2. The van der Waals surface area contributed by atoms with Crippen LogP contribution in [0.2, 0.25) is 0 Å². The minimum Gasteiger partial charge on any atom is -0.345 e. The fourth-order valence-electron chi connectivity index (χ4n) is 0.338. The van der Waals surface area contributed by atoms with Crippen molar-refractivity contribution in [1.29, 1.82) is 0 Å². The molecule has 0 saturated carbocycles. The lowest BCUT2D eigenvalue weighted by atomic mass is 10.4. The average Bonchev–Trinajstić information content (AvgIpc) is 1.82. The van der Waals surface area contributed by atoms with E-state index in [1.807, 2.05) is 0 Å². The molecule has 0 N–H and O–H groups in total. The Bertz CT molecular complexity index is 170. The average molecular weight is 141 g/mol. The molecule has 0 aromatic rings. The first-order valence-corrected chi connectivity index (χ1v) is 2.94. The second-order valence-corrected chi connectivity index (χ2v) is 2.18. The maximum Gasteiger partial charge on any atom is 0.246 e. The van der Waals surface area contributed by atoms with Crippen LogP contribution >= 0.6 is 0 Å². The quantitative estimate of drug-likeness (QED) is 0.516. The van der Waals surface area contributed by atoms with Crippen molar-refractivity contribution in [3.63, 3.8) is 0 Å². The number of allylic oxidation sites excluding steroid dienone is 1. The largest absolute Gasteiger partial charge is 0.345 e. The van der Waals surface area contributed by atoms with Crippen molar-refractivity contribution in [2.75, 3.05) is 14.1 Å². The lowest BCUT2D eigenvalue weighted by Crippen LogP contribution is -2.18. The molecule has 0 aromatic carbocycles. The predicted molar refractivity (Wildman–Crippen MR) is 38.5 cm³/mol. The van der Waals surface area contributed by atoms with E-state index in [1.165, 1.54) is 24.0 Å². The molecule has 0 aromatic heterocycles. The van der Waals surface area contributed by atoms with E-state index in [0.29, 0.717) is 0 Å². The molecule has 0 bridgehead atoms. The Morgan fingerprint density at radius 1 is 1.20 bits per heavy atom. The molecule has 0 spiro atoms. The summed E-state index contributed by atoms with van der Waals surface area (Å²) >= 11 is 0. The van der Waals surface area contributed by atoms with E-state index >= 15 is 0 Å². The van der Waals surface area contributed by atoms with Gasteiger partial charge in [-0.2, -0.15) is 0 Å². The number of carbonyl (C=O) groups excluding carboxylic acids is 2. The highest BCUT2D eigenvalue weighted by molar-refractivity contribution is 5.96. The van der Waals surface area contributed by atoms with Gasteiger partial charge in [-0.05, 0) is 13.0 Å². The smallest absolute Gasteiger partial charge is 0.246 e. The monoisotopic (exact) mass is 141 g/mol. The third kappa shape index (κ3) is 3.83. The molecule has 0 aliphatic rings. The summed E-state index contributed by atoms with van der Waals surface area (Å²) in [7, 11) is 3.26. The van der Waals surface area contributed by atoms with Gasteiger partial charge in [-0.25, -0.2) is 0 Å². The molecule has 0 fully saturated rings. The van der Waals surface area contributed by atoms with Crippen molar-refractivity contribution in [3.8, 4) is 0 Å². The van der Waals surface area contributed by atoms with Crippen LogP contribution in [-0.4, -0.2) is 30.7 Å². The van der Waals surface area contributed by atoms with Gasteiger partial charge in [-0.15, -0.1) is 0 Å². The van der Waals surface area contributed by atoms with Gasteiger partial charge in [-0.3, -0.25) is 9.59 Å². The Labute approximate surface area is 60.3 Å². The standard InChI is InChI=1S/C7H11NO2/c1-6(9)4-5-7(10)8(2)3/h4-5H,1-3H3/b5-4-. The van der Waals surface area contributed by atoms with Gasteiger partial charge in [0, 0.05) is 20.2 Å². The second-order valence-electron chi connectivity index (χ2n) is 2.18. The summed E-state index contributed by atoms with van der Waals surface area (Å²) in [6.07, 6.45) is 2.50. The number of hydrogen-bond donors (Lipinski definition) is 0. The molecule has 0 saturated heterocycles. The zero-order valence-electron chi connectivity index (χ0n) is 6.42. The molecule has 10 heavy (non-hydrogen) atoms. The summed E-state index contributed by atoms with van der Waals surface area (Å²) < 4.78 is 0. The number of rotatable bonds is 2. The molecule has 3 nitrogen and oxygen atoms in total. The number of ketones is 1. The number of likely N-dealkylation sites (N-methyl/N-ethyl adjacent to an activating group) is 1. The predicted octanol–water partition coefficient (Wildman–Crippen LogP) is 0.220. The van der Waals surface area contributed by atoms with Crippen molar-refractivity contribution in [2.45, 2.75) is 6.92 Å². The van der Waals surface area contributed by atoms with E-state index in [-0.39, 0.29) is 11.7 Å². The first-order chi connectivity index (χ1) is 4.54. The summed E-state index contributed by atoms with van der Waals surface area (Å²) in [5.74, 6) is -0.287. The normalized spacial score (nSPS) is 9.90. The van der Waals surface area contributed by atoms with Crippen LogP contribution in [0.5, 0.6) is 0 Å². The van der Waals surface area contributed by atoms with Gasteiger partial charge >= 0.3 is 0 Å². The lowest BCUT2D eigenvalue weighted by Gasteiger charge is -2.04. The van der Waals surface area contributed by atoms with E-state index in [2.05, 4.69) is 0 Å². The molecule has 0 heterocycles. The molecule has 1 amide bonds. The first kappa shape index (κ1) is 8.88.